The van der Waals surface area contributed by atoms with Gasteiger partial charge in [0.2, 0.25) is 0 Å². The van der Waals surface area contributed by atoms with Crippen molar-refractivity contribution in [1.29, 1.82) is 0 Å². The maximum Gasteiger partial charge on any atom is 0.333 e. The number of aryl methyl sites for hydroxylation is 2. The van der Waals surface area contributed by atoms with E-state index >= 15 is 0 Å². The number of hydrogen-bond acceptors (Lipinski definition) is 2. The summed E-state index contributed by atoms with van der Waals surface area (Å²) in [6, 6.07) is 14.2. The summed E-state index contributed by atoms with van der Waals surface area (Å²) in [6.07, 6.45) is 0.541. The van der Waals surface area contributed by atoms with Gasteiger partial charge in [-0.2, -0.15) is 0 Å². The van der Waals surface area contributed by atoms with Gasteiger partial charge in [-0.1, -0.05) is 37.3 Å². The van der Waals surface area contributed by atoms with Crippen LogP contribution < -0.4 is 5.32 Å². The summed E-state index contributed by atoms with van der Waals surface area (Å²) < 4.78 is 0. The first-order valence-corrected chi connectivity index (χ1v) is 7.86. The molecule has 0 aromatic heterocycles. The minimum atomic E-state index is -0.849. The zero-order valence-electron chi connectivity index (χ0n) is 13.7. The van der Waals surface area contributed by atoms with Crippen molar-refractivity contribution < 1.29 is 9.90 Å². The molecule has 118 valence electrons. The number of anilines is 1. The van der Waals surface area contributed by atoms with Crippen LogP contribution >= 0.6 is 0 Å². The normalized spacial score (nSPS) is 16.9. The highest BCUT2D eigenvalue weighted by molar-refractivity contribution is 6.00. The molecule has 1 aliphatic carbocycles. The Bertz CT molecular complexity index is 785. The summed E-state index contributed by atoms with van der Waals surface area (Å²) in [5, 5.41) is 13.0. The van der Waals surface area contributed by atoms with Crippen molar-refractivity contribution in [2.45, 2.75) is 33.1 Å². The van der Waals surface area contributed by atoms with Crippen molar-refractivity contribution in [2.75, 3.05) is 5.32 Å². The Morgan fingerprint density at radius 2 is 1.78 bits per heavy atom. The standard InChI is InChI=1S/C20H21NO2/c1-12-8-13(2)10-15(9-12)21-19-17-7-5-4-6-16(17)14(3)11-18(19)20(22)23/h4-10,14,21H,11H2,1-3H3,(H,22,23)/t14-/m0/s1. The maximum absolute atomic E-state index is 11.7. The molecule has 3 nitrogen and oxygen atoms in total. The quantitative estimate of drug-likeness (QED) is 0.862. The molecule has 0 saturated heterocycles. The van der Waals surface area contributed by atoms with Gasteiger partial charge >= 0.3 is 5.97 Å². The lowest BCUT2D eigenvalue weighted by atomic mass is 9.82. The van der Waals surface area contributed by atoms with Gasteiger partial charge in [0.05, 0.1) is 11.3 Å². The molecular weight excluding hydrogens is 286 g/mol. The molecule has 0 radical (unpaired) electrons. The van der Waals surface area contributed by atoms with Crippen LogP contribution in [0, 0.1) is 13.8 Å². The lowest BCUT2D eigenvalue weighted by Crippen LogP contribution is -2.18. The molecular formula is C20H21NO2. The van der Waals surface area contributed by atoms with E-state index in [9.17, 15) is 9.90 Å². The maximum atomic E-state index is 11.7. The molecule has 1 aliphatic rings. The summed E-state index contributed by atoms with van der Waals surface area (Å²) >= 11 is 0. The SMILES string of the molecule is Cc1cc(C)cc(NC2=C(C(=O)O)C[C@H](C)c3ccccc32)c1. The first-order valence-electron chi connectivity index (χ1n) is 7.86. The Morgan fingerprint density at radius 3 is 2.43 bits per heavy atom. The van der Waals surface area contributed by atoms with Crippen LogP contribution in [0.5, 0.6) is 0 Å². The minimum absolute atomic E-state index is 0.210. The van der Waals surface area contributed by atoms with E-state index in [0.29, 0.717) is 12.0 Å². The summed E-state index contributed by atoms with van der Waals surface area (Å²) in [5.41, 5.74) is 6.60. The molecule has 0 fully saturated rings. The largest absolute Gasteiger partial charge is 0.478 e. The second kappa shape index (κ2) is 5.92. The number of nitrogens with one attached hydrogen (secondary N) is 1. The molecule has 2 aromatic rings. The summed E-state index contributed by atoms with van der Waals surface area (Å²) in [4.78, 5) is 11.7. The highest BCUT2D eigenvalue weighted by Gasteiger charge is 2.27. The van der Waals surface area contributed by atoms with Crippen molar-refractivity contribution in [3.05, 3.63) is 70.3 Å². The third-order valence-electron chi connectivity index (χ3n) is 4.32. The number of hydrogen-bond donors (Lipinski definition) is 2. The van der Waals surface area contributed by atoms with Gasteiger partial charge in [-0.3, -0.25) is 0 Å². The van der Waals surface area contributed by atoms with Crippen LogP contribution in [-0.2, 0) is 4.79 Å². The van der Waals surface area contributed by atoms with Crippen LogP contribution in [-0.4, -0.2) is 11.1 Å². The molecule has 0 unspecified atom stereocenters. The van der Waals surface area contributed by atoms with E-state index < -0.39 is 5.97 Å². The fourth-order valence-corrected chi connectivity index (χ4v) is 3.36. The van der Waals surface area contributed by atoms with Gasteiger partial charge in [0, 0.05) is 11.3 Å². The Morgan fingerprint density at radius 1 is 1.13 bits per heavy atom. The lowest BCUT2D eigenvalue weighted by Gasteiger charge is -2.27. The zero-order chi connectivity index (χ0) is 16.6. The summed E-state index contributed by atoms with van der Waals surface area (Å²) in [6.45, 7) is 6.17. The molecule has 1 atom stereocenters. The van der Waals surface area contributed by atoms with E-state index in [2.05, 4.69) is 24.4 Å². The third kappa shape index (κ3) is 3.00. The molecule has 2 aromatic carbocycles. The third-order valence-corrected chi connectivity index (χ3v) is 4.32. The Labute approximate surface area is 136 Å². The summed E-state index contributed by atoms with van der Waals surface area (Å²) in [7, 11) is 0. The summed E-state index contributed by atoms with van der Waals surface area (Å²) in [5.74, 6) is -0.639. The van der Waals surface area contributed by atoms with Crippen LogP contribution in [0.25, 0.3) is 5.70 Å². The first-order chi connectivity index (χ1) is 11.0. The molecule has 3 heteroatoms. The van der Waals surface area contributed by atoms with E-state index in [1.165, 1.54) is 5.56 Å². The average Bonchev–Trinajstić information content (AvgIpc) is 2.49. The van der Waals surface area contributed by atoms with Gasteiger partial charge in [-0.05, 0) is 55.0 Å². The van der Waals surface area contributed by atoms with Gasteiger partial charge in [-0.15, -0.1) is 0 Å². The number of carboxylic acids is 1. The van der Waals surface area contributed by atoms with Gasteiger partial charge in [0.1, 0.15) is 0 Å². The second-order valence-corrected chi connectivity index (χ2v) is 6.35. The number of aliphatic carboxylic acids is 1. The van der Waals surface area contributed by atoms with E-state index in [0.717, 1.165) is 28.1 Å². The van der Waals surface area contributed by atoms with E-state index in [-0.39, 0.29) is 5.92 Å². The predicted molar refractivity (Wildman–Crippen MR) is 93.6 cm³/mol. The molecule has 0 aliphatic heterocycles. The molecule has 0 amide bonds. The highest BCUT2D eigenvalue weighted by atomic mass is 16.4. The Kier molecular flexibility index (Phi) is 3.95. The Hall–Kier alpha value is -2.55. The fourth-order valence-electron chi connectivity index (χ4n) is 3.36. The van der Waals surface area contributed by atoms with Gasteiger partial charge in [-0.25, -0.2) is 4.79 Å². The minimum Gasteiger partial charge on any atom is -0.478 e. The highest BCUT2D eigenvalue weighted by Crippen LogP contribution is 2.39. The topological polar surface area (TPSA) is 49.3 Å². The zero-order valence-corrected chi connectivity index (χ0v) is 13.7. The molecule has 0 heterocycles. The number of rotatable bonds is 3. The molecule has 23 heavy (non-hydrogen) atoms. The lowest BCUT2D eigenvalue weighted by molar-refractivity contribution is -0.132. The van der Waals surface area contributed by atoms with Crippen LogP contribution in [0.4, 0.5) is 5.69 Å². The van der Waals surface area contributed by atoms with Crippen LogP contribution in [0.1, 0.15) is 41.5 Å². The van der Waals surface area contributed by atoms with Crippen molar-refractivity contribution in [1.82, 2.24) is 0 Å². The van der Waals surface area contributed by atoms with Gasteiger partial charge in [0.15, 0.2) is 0 Å². The van der Waals surface area contributed by atoms with Gasteiger partial charge < -0.3 is 10.4 Å². The molecule has 2 N–H and O–H groups in total. The smallest absolute Gasteiger partial charge is 0.333 e. The van der Waals surface area contributed by atoms with Crippen LogP contribution in [0.2, 0.25) is 0 Å². The monoisotopic (exact) mass is 307 g/mol. The van der Waals surface area contributed by atoms with Crippen molar-refractivity contribution in [2.24, 2.45) is 0 Å². The second-order valence-electron chi connectivity index (χ2n) is 6.35. The van der Waals surface area contributed by atoms with Crippen LogP contribution in [0.3, 0.4) is 0 Å². The number of carboxylic acid groups (broad SMARTS) is 1. The van der Waals surface area contributed by atoms with Crippen molar-refractivity contribution >= 4 is 17.4 Å². The van der Waals surface area contributed by atoms with E-state index in [1.807, 2.05) is 44.2 Å². The van der Waals surface area contributed by atoms with Crippen LogP contribution in [0.15, 0.2) is 48.0 Å². The molecule has 0 saturated carbocycles. The van der Waals surface area contributed by atoms with Crippen molar-refractivity contribution in [3.63, 3.8) is 0 Å². The first kappa shape index (κ1) is 15.3. The van der Waals surface area contributed by atoms with E-state index in [1.54, 1.807) is 0 Å². The number of fused-ring (bicyclic) bond motifs is 1. The molecule has 0 bridgehead atoms. The van der Waals surface area contributed by atoms with E-state index in [4.69, 9.17) is 0 Å². The molecule has 0 spiro atoms. The predicted octanol–water partition coefficient (Wildman–Crippen LogP) is 4.72. The average molecular weight is 307 g/mol. The Balaban J connectivity index is 2.12. The number of carbonyl (C=O) groups is 1. The van der Waals surface area contributed by atoms with Gasteiger partial charge in [0.25, 0.3) is 0 Å². The van der Waals surface area contributed by atoms with Crippen molar-refractivity contribution in [3.8, 4) is 0 Å². The fraction of sp³-hybridized carbons (Fsp3) is 0.250. The molecule has 3 rings (SSSR count). The number of benzene rings is 2.